The largest absolute Gasteiger partial charge is 0.465 e. The third-order valence-corrected chi connectivity index (χ3v) is 6.29. The van der Waals surface area contributed by atoms with Crippen molar-refractivity contribution in [3.8, 4) is 5.75 Å². The third kappa shape index (κ3) is 9.23. The molecular weight excluding hydrogens is 434 g/mol. The average molecular weight is 468 g/mol. The summed E-state index contributed by atoms with van der Waals surface area (Å²) in [5.41, 5.74) is -0.101. The fraction of sp³-hybridized carbons (Fsp3) is 0.619. The summed E-state index contributed by atoms with van der Waals surface area (Å²) in [6.07, 6.45) is 3.85. The highest BCUT2D eigenvalue weighted by molar-refractivity contribution is 6.69. The molecule has 1 fully saturated rings. The highest BCUT2D eigenvalue weighted by Gasteiger charge is 2.32. The number of carbonyl (C=O) groups is 2. The van der Waals surface area contributed by atoms with E-state index in [4.69, 9.17) is 14.3 Å². The van der Waals surface area contributed by atoms with Crippen molar-refractivity contribution in [1.29, 1.82) is 0 Å². The molecule has 32 heavy (non-hydrogen) atoms. The first-order valence-electron chi connectivity index (χ1n) is 10.9. The minimum absolute atomic E-state index is 0.0504. The van der Waals surface area contributed by atoms with Crippen LogP contribution in [0.4, 0.5) is 15.3 Å². The second-order valence-corrected chi connectivity index (χ2v) is 13.5. The van der Waals surface area contributed by atoms with Crippen LogP contribution in [0.2, 0.25) is 19.6 Å². The van der Waals surface area contributed by atoms with Gasteiger partial charge in [0.2, 0.25) is 0 Å². The molecule has 0 radical (unpaired) electrons. The van der Waals surface area contributed by atoms with E-state index in [0.717, 1.165) is 25.7 Å². The number of rotatable bonds is 10. The van der Waals surface area contributed by atoms with Crippen LogP contribution in [0.3, 0.4) is 0 Å². The normalized spacial score (nSPS) is 16.6. The number of benzene rings is 1. The second kappa shape index (κ2) is 11.8. The van der Waals surface area contributed by atoms with E-state index in [1.807, 2.05) is 19.6 Å². The predicted octanol–water partition coefficient (Wildman–Crippen LogP) is 4.51. The fourth-order valence-electron chi connectivity index (χ4n) is 3.92. The van der Waals surface area contributed by atoms with Crippen molar-refractivity contribution in [3.05, 3.63) is 34.4 Å². The van der Waals surface area contributed by atoms with Crippen LogP contribution < -0.4 is 15.4 Å². The van der Waals surface area contributed by atoms with Gasteiger partial charge in [-0.3, -0.25) is 10.1 Å². The molecule has 1 aromatic carbocycles. The average Bonchev–Trinajstić information content (AvgIpc) is 2.71. The van der Waals surface area contributed by atoms with E-state index in [9.17, 15) is 19.7 Å². The fourth-order valence-corrected chi connectivity index (χ4v) is 5.07. The first kappa shape index (κ1) is 25.6. The first-order chi connectivity index (χ1) is 15.0. The lowest BCUT2D eigenvalue weighted by atomic mass is 9.83. The van der Waals surface area contributed by atoms with E-state index in [2.05, 4.69) is 10.6 Å². The van der Waals surface area contributed by atoms with Gasteiger partial charge < -0.3 is 24.9 Å². The lowest BCUT2D eigenvalue weighted by Crippen LogP contribution is -2.53. The van der Waals surface area contributed by atoms with Crippen LogP contribution in [0, 0.1) is 16.0 Å². The molecule has 1 aliphatic carbocycles. The van der Waals surface area contributed by atoms with Crippen LogP contribution in [0.1, 0.15) is 38.5 Å². The van der Waals surface area contributed by atoms with E-state index < -0.39 is 37.6 Å². The van der Waals surface area contributed by atoms with Gasteiger partial charge >= 0.3 is 12.2 Å². The molecule has 1 aliphatic rings. The zero-order valence-electron chi connectivity index (χ0n) is 18.8. The molecule has 0 bridgehead atoms. The smallest absolute Gasteiger partial charge is 0.412 e. The summed E-state index contributed by atoms with van der Waals surface area (Å²) in [6, 6.07) is 4.79. The number of hydrogen-bond acceptors (Lipinski definition) is 6. The number of nitrogens with one attached hydrogen (secondary N) is 2. The predicted molar refractivity (Wildman–Crippen MR) is 121 cm³/mol. The van der Waals surface area contributed by atoms with E-state index in [1.165, 1.54) is 30.7 Å². The van der Waals surface area contributed by atoms with Gasteiger partial charge in [0.25, 0.3) is 5.69 Å². The Kier molecular flexibility index (Phi) is 9.45. The molecule has 1 saturated carbocycles. The zero-order valence-corrected chi connectivity index (χ0v) is 19.8. The zero-order chi connectivity index (χ0) is 23.7. The number of carboxylic acid groups (broad SMARTS) is 1. The van der Waals surface area contributed by atoms with Gasteiger partial charge in [-0.05, 0) is 44.1 Å². The monoisotopic (exact) mass is 467 g/mol. The Bertz CT molecular complexity index is 777. The number of nitrogens with zero attached hydrogens (tertiary/aromatic N) is 1. The van der Waals surface area contributed by atoms with Gasteiger partial charge in [0.05, 0.1) is 17.1 Å². The number of nitro benzene ring substituents is 1. The van der Waals surface area contributed by atoms with Gasteiger partial charge in [-0.2, -0.15) is 0 Å². The Labute approximate surface area is 189 Å². The first-order valence-corrected chi connectivity index (χ1v) is 14.3. The maximum Gasteiger partial charge on any atom is 0.412 e. The lowest BCUT2D eigenvalue weighted by molar-refractivity contribution is -0.384. The second-order valence-electron chi connectivity index (χ2n) is 9.09. The molecule has 2 atom stereocenters. The molecule has 1 aromatic rings. The summed E-state index contributed by atoms with van der Waals surface area (Å²) in [6.45, 7) is 6.07. The van der Waals surface area contributed by atoms with E-state index in [0.29, 0.717) is 12.3 Å². The highest BCUT2D eigenvalue weighted by atomic mass is 28.4. The van der Waals surface area contributed by atoms with Crippen LogP contribution in [0.25, 0.3) is 0 Å². The van der Waals surface area contributed by atoms with Gasteiger partial charge in [-0.25, -0.2) is 9.59 Å². The molecule has 3 N–H and O–H groups in total. The van der Waals surface area contributed by atoms with Gasteiger partial charge in [0.1, 0.15) is 5.75 Å². The van der Waals surface area contributed by atoms with E-state index in [1.54, 1.807) is 0 Å². The summed E-state index contributed by atoms with van der Waals surface area (Å²) in [5, 5.41) is 25.1. The number of nitro groups is 1. The van der Waals surface area contributed by atoms with E-state index in [-0.39, 0.29) is 18.0 Å². The van der Waals surface area contributed by atoms with Crippen LogP contribution in [-0.4, -0.2) is 49.2 Å². The molecular formula is C21H33N3O7Si. The Balaban J connectivity index is 2.14. The molecule has 0 aliphatic heterocycles. The van der Waals surface area contributed by atoms with Crippen molar-refractivity contribution < 1.29 is 28.8 Å². The van der Waals surface area contributed by atoms with Crippen LogP contribution in [0.5, 0.6) is 5.75 Å². The molecule has 0 aromatic heterocycles. The lowest BCUT2D eigenvalue weighted by Gasteiger charge is -2.35. The van der Waals surface area contributed by atoms with Crippen LogP contribution in [0.15, 0.2) is 24.3 Å². The van der Waals surface area contributed by atoms with Gasteiger partial charge in [-0.15, -0.1) is 0 Å². The molecule has 2 amide bonds. The summed E-state index contributed by atoms with van der Waals surface area (Å²) in [4.78, 5) is 34.0. The molecule has 0 spiro atoms. The number of carbonyl (C=O) groups excluding carboxylic acids is 1. The number of amides is 2. The Hall–Kier alpha value is -2.66. The summed E-state index contributed by atoms with van der Waals surface area (Å²) >= 11 is 0. The summed E-state index contributed by atoms with van der Waals surface area (Å²) < 4.78 is 11.6. The van der Waals surface area contributed by atoms with Crippen molar-refractivity contribution in [3.63, 3.8) is 0 Å². The standard InChI is InChI=1S/C21H33N3O7Si/c1-32(2,3)31-19(14-22-20(25)26)18(13-15-7-5-4-6-8-15)23-21(27)30-17-11-9-16(10-12-17)24(28)29/h9-12,15,18-19,22H,4-8,13-14H2,1-3H3,(H,23,27)(H,25,26)/t18-,19?/m0/s1. The Morgan fingerprint density at radius 2 is 1.81 bits per heavy atom. The van der Waals surface area contributed by atoms with Crippen molar-refractivity contribution in [2.45, 2.75) is 70.3 Å². The topological polar surface area (TPSA) is 140 Å². The molecule has 0 saturated heterocycles. The van der Waals surface area contributed by atoms with E-state index >= 15 is 0 Å². The maximum atomic E-state index is 12.6. The van der Waals surface area contributed by atoms with Crippen molar-refractivity contribution in [2.24, 2.45) is 5.92 Å². The maximum absolute atomic E-state index is 12.6. The minimum atomic E-state index is -2.05. The number of hydrogen-bond donors (Lipinski definition) is 3. The van der Waals surface area contributed by atoms with Crippen molar-refractivity contribution in [2.75, 3.05) is 6.54 Å². The van der Waals surface area contributed by atoms with Crippen molar-refractivity contribution >= 4 is 26.2 Å². The molecule has 11 heteroatoms. The minimum Gasteiger partial charge on any atom is -0.465 e. The number of non-ortho nitro benzene ring substituents is 1. The quantitative estimate of drug-likeness (QED) is 0.261. The van der Waals surface area contributed by atoms with Gasteiger partial charge in [0, 0.05) is 18.7 Å². The molecule has 2 rings (SSSR count). The Morgan fingerprint density at radius 3 is 2.34 bits per heavy atom. The molecule has 0 heterocycles. The van der Waals surface area contributed by atoms with Gasteiger partial charge in [0.15, 0.2) is 8.32 Å². The van der Waals surface area contributed by atoms with Crippen LogP contribution in [-0.2, 0) is 4.43 Å². The molecule has 178 valence electrons. The highest BCUT2D eigenvalue weighted by Crippen LogP contribution is 2.29. The molecule has 10 nitrogen and oxygen atoms in total. The van der Waals surface area contributed by atoms with Crippen molar-refractivity contribution in [1.82, 2.24) is 10.6 Å². The SMILES string of the molecule is C[Si](C)(C)OC(CNC(=O)O)[C@H](CC1CCCCC1)NC(=O)Oc1ccc([N+](=O)[O-])cc1. The van der Waals surface area contributed by atoms with Crippen LogP contribution >= 0.6 is 0 Å². The third-order valence-electron chi connectivity index (χ3n) is 5.28. The molecule has 1 unspecified atom stereocenters. The van der Waals surface area contributed by atoms with Gasteiger partial charge in [-0.1, -0.05) is 32.1 Å². The Morgan fingerprint density at radius 1 is 1.19 bits per heavy atom. The number of ether oxygens (including phenoxy) is 1. The summed E-state index contributed by atoms with van der Waals surface area (Å²) in [5.74, 6) is 0.585. The summed E-state index contributed by atoms with van der Waals surface area (Å²) in [7, 11) is -2.05.